The molecule has 0 bridgehead atoms. The van der Waals surface area contributed by atoms with Crippen molar-refractivity contribution in [3.63, 3.8) is 0 Å². The SMILES string of the molecule is CCOc1ccccc1N[C@@H](C)C(=O)Nc1ccc([N+](=O)[O-])cc1OC. The first kappa shape index (κ1) is 19.0. The number of para-hydroxylation sites is 2. The van der Waals surface area contributed by atoms with Crippen LogP contribution in [-0.4, -0.2) is 30.6 Å². The van der Waals surface area contributed by atoms with Gasteiger partial charge in [-0.25, -0.2) is 0 Å². The lowest BCUT2D eigenvalue weighted by Gasteiger charge is -2.18. The Bertz CT molecular complexity index is 794. The molecule has 0 fully saturated rings. The summed E-state index contributed by atoms with van der Waals surface area (Å²) in [6, 6.07) is 10.8. The molecule has 26 heavy (non-hydrogen) atoms. The van der Waals surface area contributed by atoms with Crippen molar-refractivity contribution < 1.29 is 19.2 Å². The molecule has 138 valence electrons. The van der Waals surface area contributed by atoms with E-state index in [4.69, 9.17) is 9.47 Å². The van der Waals surface area contributed by atoms with Crippen molar-refractivity contribution in [2.75, 3.05) is 24.4 Å². The van der Waals surface area contributed by atoms with Gasteiger partial charge in [-0.1, -0.05) is 12.1 Å². The lowest BCUT2D eigenvalue weighted by molar-refractivity contribution is -0.384. The number of hydrogen-bond acceptors (Lipinski definition) is 6. The van der Waals surface area contributed by atoms with Gasteiger partial charge in [-0.05, 0) is 32.0 Å². The Balaban J connectivity index is 2.11. The fourth-order valence-electron chi connectivity index (χ4n) is 2.30. The van der Waals surface area contributed by atoms with Gasteiger partial charge in [0.1, 0.15) is 17.5 Å². The maximum Gasteiger partial charge on any atom is 0.273 e. The van der Waals surface area contributed by atoms with Crippen LogP contribution < -0.4 is 20.1 Å². The minimum atomic E-state index is -0.573. The summed E-state index contributed by atoms with van der Waals surface area (Å²) >= 11 is 0. The first-order valence-corrected chi connectivity index (χ1v) is 8.08. The first-order valence-electron chi connectivity index (χ1n) is 8.08. The largest absolute Gasteiger partial charge is 0.494 e. The van der Waals surface area contributed by atoms with Gasteiger partial charge in [0.2, 0.25) is 5.91 Å². The molecule has 0 radical (unpaired) electrons. The quantitative estimate of drug-likeness (QED) is 0.553. The summed E-state index contributed by atoms with van der Waals surface area (Å²) in [5, 5.41) is 16.6. The molecule has 2 rings (SSSR count). The summed E-state index contributed by atoms with van der Waals surface area (Å²) in [6.45, 7) is 4.10. The van der Waals surface area contributed by atoms with E-state index in [1.54, 1.807) is 6.92 Å². The van der Waals surface area contributed by atoms with Gasteiger partial charge < -0.3 is 20.1 Å². The normalized spacial score (nSPS) is 11.3. The molecule has 2 aromatic rings. The van der Waals surface area contributed by atoms with E-state index >= 15 is 0 Å². The zero-order valence-corrected chi connectivity index (χ0v) is 14.8. The second-order valence-corrected chi connectivity index (χ2v) is 5.43. The number of nitro benzene ring substituents is 1. The standard InChI is InChI=1S/C18H21N3O5/c1-4-26-16-8-6-5-7-14(16)19-12(2)18(22)20-15-10-9-13(21(23)24)11-17(15)25-3/h5-12,19H,4H2,1-3H3,(H,20,22)/t12-/m0/s1. The van der Waals surface area contributed by atoms with Crippen LogP contribution in [0.5, 0.6) is 11.5 Å². The highest BCUT2D eigenvalue weighted by atomic mass is 16.6. The highest BCUT2D eigenvalue weighted by Gasteiger charge is 2.18. The minimum Gasteiger partial charge on any atom is -0.494 e. The third-order valence-electron chi connectivity index (χ3n) is 3.61. The van der Waals surface area contributed by atoms with E-state index in [0.717, 1.165) is 0 Å². The number of nitrogens with one attached hydrogen (secondary N) is 2. The molecule has 0 saturated heterocycles. The smallest absolute Gasteiger partial charge is 0.273 e. The highest BCUT2D eigenvalue weighted by Crippen LogP contribution is 2.29. The molecule has 0 saturated carbocycles. The number of carbonyl (C=O) groups excluding carboxylic acids is 1. The molecule has 0 aromatic heterocycles. The molecule has 0 spiro atoms. The summed E-state index contributed by atoms with van der Waals surface area (Å²) < 4.78 is 10.7. The lowest BCUT2D eigenvalue weighted by Crippen LogP contribution is -2.32. The van der Waals surface area contributed by atoms with Crippen molar-refractivity contribution >= 4 is 23.0 Å². The molecule has 1 atom stereocenters. The van der Waals surface area contributed by atoms with Crippen LogP contribution >= 0.6 is 0 Å². The Morgan fingerprint density at radius 1 is 1.19 bits per heavy atom. The molecule has 0 aliphatic rings. The van der Waals surface area contributed by atoms with E-state index in [-0.39, 0.29) is 17.3 Å². The number of amides is 1. The molecule has 2 N–H and O–H groups in total. The summed E-state index contributed by atoms with van der Waals surface area (Å²) in [5.41, 5.74) is 0.944. The predicted octanol–water partition coefficient (Wildman–Crippen LogP) is 3.44. The van der Waals surface area contributed by atoms with Crippen LogP contribution in [0.3, 0.4) is 0 Å². The maximum absolute atomic E-state index is 12.5. The summed E-state index contributed by atoms with van der Waals surface area (Å²) in [5.74, 6) is 0.556. The van der Waals surface area contributed by atoms with Crippen molar-refractivity contribution in [1.82, 2.24) is 0 Å². The number of benzene rings is 2. The van der Waals surface area contributed by atoms with Gasteiger partial charge in [0.15, 0.2) is 0 Å². The molecule has 0 aliphatic heterocycles. The number of nitrogens with zero attached hydrogens (tertiary/aromatic N) is 1. The van der Waals surface area contributed by atoms with Crippen LogP contribution in [0.15, 0.2) is 42.5 Å². The Morgan fingerprint density at radius 3 is 2.58 bits per heavy atom. The molecule has 8 heteroatoms. The zero-order chi connectivity index (χ0) is 19.1. The van der Waals surface area contributed by atoms with Crippen LogP contribution in [0.25, 0.3) is 0 Å². The highest BCUT2D eigenvalue weighted by molar-refractivity contribution is 5.97. The van der Waals surface area contributed by atoms with Gasteiger partial charge in [0, 0.05) is 6.07 Å². The fourth-order valence-corrected chi connectivity index (χ4v) is 2.30. The molecule has 0 aliphatic carbocycles. The van der Waals surface area contributed by atoms with Gasteiger partial charge in [-0.15, -0.1) is 0 Å². The molecule has 0 heterocycles. The Hall–Kier alpha value is -3.29. The third-order valence-corrected chi connectivity index (χ3v) is 3.61. The van der Waals surface area contributed by atoms with E-state index in [9.17, 15) is 14.9 Å². The summed E-state index contributed by atoms with van der Waals surface area (Å²) in [4.78, 5) is 22.8. The van der Waals surface area contributed by atoms with Gasteiger partial charge in [-0.2, -0.15) is 0 Å². The molecular weight excluding hydrogens is 338 g/mol. The predicted molar refractivity (Wildman–Crippen MR) is 99.0 cm³/mol. The van der Waals surface area contributed by atoms with Crippen molar-refractivity contribution in [3.05, 3.63) is 52.6 Å². The van der Waals surface area contributed by atoms with E-state index in [2.05, 4.69) is 10.6 Å². The second-order valence-electron chi connectivity index (χ2n) is 5.43. The average Bonchev–Trinajstić information content (AvgIpc) is 2.63. The van der Waals surface area contributed by atoms with Crippen molar-refractivity contribution in [1.29, 1.82) is 0 Å². The molecule has 8 nitrogen and oxygen atoms in total. The summed E-state index contributed by atoms with van der Waals surface area (Å²) in [6.07, 6.45) is 0. The number of ether oxygens (including phenoxy) is 2. The van der Waals surface area contributed by atoms with Crippen LogP contribution in [0.4, 0.5) is 17.1 Å². The van der Waals surface area contributed by atoms with Gasteiger partial charge in [0.25, 0.3) is 5.69 Å². The Morgan fingerprint density at radius 2 is 1.92 bits per heavy atom. The lowest BCUT2D eigenvalue weighted by atomic mass is 10.2. The number of nitro groups is 1. The number of anilines is 2. The number of non-ortho nitro benzene ring substituents is 1. The topological polar surface area (TPSA) is 103 Å². The summed E-state index contributed by atoms with van der Waals surface area (Å²) in [7, 11) is 1.38. The van der Waals surface area contributed by atoms with E-state index in [1.165, 1.54) is 25.3 Å². The van der Waals surface area contributed by atoms with Crippen molar-refractivity contribution in [2.24, 2.45) is 0 Å². The molecule has 2 aromatic carbocycles. The molecule has 0 unspecified atom stereocenters. The monoisotopic (exact) mass is 359 g/mol. The van der Waals surface area contributed by atoms with Crippen molar-refractivity contribution in [3.8, 4) is 11.5 Å². The molecular formula is C18H21N3O5. The molecule has 1 amide bonds. The van der Waals surface area contributed by atoms with Crippen LogP contribution in [0.1, 0.15) is 13.8 Å². The van der Waals surface area contributed by atoms with Gasteiger partial charge in [0.05, 0.1) is 36.1 Å². The van der Waals surface area contributed by atoms with E-state index in [1.807, 2.05) is 31.2 Å². The first-order chi connectivity index (χ1) is 12.5. The maximum atomic E-state index is 12.5. The third kappa shape index (κ3) is 4.62. The fraction of sp³-hybridized carbons (Fsp3) is 0.278. The zero-order valence-electron chi connectivity index (χ0n) is 14.8. The number of hydrogen-bond donors (Lipinski definition) is 2. The van der Waals surface area contributed by atoms with Crippen LogP contribution in [-0.2, 0) is 4.79 Å². The second kappa shape index (κ2) is 8.70. The Labute approximate surface area is 151 Å². The number of carbonyl (C=O) groups is 1. The van der Waals surface area contributed by atoms with Gasteiger partial charge in [-0.3, -0.25) is 14.9 Å². The average molecular weight is 359 g/mol. The Kier molecular flexibility index (Phi) is 6.37. The van der Waals surface area contributed by atoms with E-state index < -0.39 is 11.0 Å². The van der Waals surface area contributed by atoms with E-state index in [0.29, 0.717) is 23.7 Å². The minimum absolute atomic E-state index is 0.114. The van der Waals surface area contributed by atoms with Crippen molar-refractivity contribution in [2.45, 2.75) is 19.9 Å². The number of rotatable bonds is 8. The number of methoxy groups -OCH3 is 1. The van der Waals surface area contributed by atoms with Crippen LogP contribution in [0, 0.1) is 10.1 Å². The van der Waals surface area contributed by atoms with Crippen LogP contribution in [0.2, 0.25) is 0 Å². The van der Waals surface area contributed by atoms with Gasteiger partial charge >= 0.3 is 0 Å².